The van der Waals surface area contributed by atoms with Crippen LogP contribution in [0, 0.1) is 17.8 Å². The zero-order valence-corrected chi connectivity index (χ0v) is 13.0. The molecule has 0 amide bonds. The van der Waals surface area contributed by atoms with Gasteiger partial charge in [-0.3, -0.25) is 0 Å². The molecule has 2 bridgehead atoms. The smallest absolute Gasteiger partial charge is 0.0484 e. The molecule has 0 radical (unpaired) electrons. The second kappa shape index (κ2) is 5.30. The van der Waals surface area contributed by atoms with E-state index in [9.17, 15) is 0 Å². The molecule has 2 aliphatic carbocycles. The highest BCUT2D eigenvalue weighted by Gasteiger charge is 2.39. The highest BCUT2D eigenvalue weighted by Crippen LogP contribution is 2.51. The lowest BCUT2D eigenvalue weighted by Gasteiger charge is -2.25. The molecule has 21 heavy (non-hydrogen) atoms. The number of nitrogens with two attached hydrogens (primary N) is 1. The third-order valence-corrected chi connectivity index (χ3v) is 6.07. The Kier molecular flexibility index (Phi) is 3.43. The molecule has 4 rings (SSSR count). The van der Waals surface area contributed by atoms with E-state index in [1.54, 1.807) is 0 Å². The maximum Gasteiger partial charge on any atom is 0.0484 e. The summed E-state index contributed by atoms with van der Waals surface area (Å²) in [5.41, 5.74) is 7.84. The van der Waals surface area contributed by atoms with Crippen LogP contribution in [0.3, 0.4) is 0 Å². The van der Waals surface area contributed by atoms with Gasteiger partial charge in [-0.25, -0.2) is 0 Å². The minimum absolute atomic E-state index is 0.136. The van der Waals surface area contributed by atoms with Crippen LogP contribution in [0.1, 0.15) is 43.7 Å². The van der Waals surface area contributed by atoms with Gasteiger partial charge in [-0.05, 0) is 60.5 Å². The Morgan fingerprint density at radius 2 is 1.86 bits per heavy atom. The first-order chi connectivity index (χ1) is 10.2. The zero-order chi connectivity index (χ0) is 14.4. The van der Waals surface area contributed by atoms with Crippen molar-refractivity contribution in [3.8, 4) is 0 Å². The average molecular weight is 300 g/mol. The van der Waals surface area contributed by atoms with Gasteiger partial charge in [0, 0.05) is 16.5 Å². The van der Waals surface area contributed by atoms with E-state index >= 15 is 0 Å². The first-order valence-corrected chi connectivity index (χ1v) is 8.53. The fraction of sp³-hybridized carbons (Fsp3) is 0.474. The van der Waals surface area contributed by atoms with Crippen LogP contribution in [0.25, 0.3) is 10.8 Å². The van der Waals surface area contributed by atoms with Crippen LogP contribution in [-0.4, -0.2) is 0 Å². The van der Waals surface area contributed by atoms with Crippen LogP contribution in [0.4, 0.5) is 0 Å². The standard InChI is InChI=1S/C19H22ClN/c20-18-8-7-17(15-3-1-2-4-16(15)18)19(21)11-14-10-12-5-6-13(14)9-12/h1-4,7-8,12-14,19H,5-6,9-11,21H2. The van der Waals surface area contributed by atoms with E-state index in [4.69, 9.17) is 17.3 Å². The van der Waals surface area contributed by atoms with Crippen molar-refractivity contribution in [2.24, 2.45) is 23.5 Å². The summed E-state index contributed by atoms with van der Waals surface area (Å²) in [6, 6.07) is 12.6. The van der Waals surface area contributed by atoms with Crippen LogP contribution in [0.2, 0.25) is 5.02 Å². The quantitative estimate of drug-likeness (QED) is 0.815. The van der Waals surface area contributed by atoms with Gasteiger partial charge < -0.3 is 5.73 Å². The molecule has 0 saturated heterocycles. The van der Waals surface area contributed by atoms with E-state index in [2.05, 4.69) is 24.3 Å². The molecule has 110 valence electrons. The maximum absolute atomic E-state index is 6.58. The third kappa shape index (κ3) is 2.37. The van der Waals surface area contributed by atoms with Gasteiger partial charge in [0.2, 0.25) is 0 Å². The molecule has 2 N–H and O–H groups in total. The normalized spacial score (nSPS) is 29.1. The molecule has 4 atom stereocenters. The molecular weight excluding hydrogens is 278 g/mol. The molecule has 1 nitrogen and oxygen atoms in total. The number of hydrogen-bond acceptors (Lipinski definition) is 1. The largest absolute Gasteiger partial charge is 0.324 e. The number of hydrogen-bond donors (Lipinski definition) is 1. The van der Waals surface area contributed by atoms with Crippen LogP contribution < -0.4 is 5.73 Å². The first kappa shape index (κ1) is 13.6. The summed E-state index contributed by atoms with van der Waals surface area (Å²) in [7, 11) is 0. The maximum atomic E-state index is 6.58. The topological polar surface area (TPSA) is 26.0 Å². The molecule has 2 heteroatoms. The van der Waals surface area contributed by atoms with Gasteiger partial charge in [-0.15, -0.1) is 0 Å². The minimum Gasteiger partial charge on any atom is -0.324 e. The molecule has 2 aromatic carbocycles. The number of rotatable bonds is 3. The second-order valence-electron chi connectivity index (χ2n) is 6.96. The van der Waals surface area contributed by atoms with E-state index in [1.807, 2.05) is 12.1 Å². The molecule has 2 aromatic rings. The lowest BCUT2D eigenvalue weighted by Crippen LogP contribution is -2.19. The first-order valence-electron chi connectivity index (χ1n) is 8.15. The van der Waals surface area contributed by atoms with Gasteiger partial charge in [-0.1, -0.05) is 48.4 Å². The SMILES string of the molecule is NC(CC1CC2CCC1C2)c1ccc(Cl)c2ccccc12. The summed E-state index contributed by atoms with van der Waals surface area (Å²) in [4.78, 5) is 0. The van der Waals surface area contributed by atoms with E-state index in [0.29, 0.717) is 0 Å². The Bertz CT molecular complexity index is 666. The van der Waals surface area contributed by atoms with E-state index in [1.165, 1.54) is 36.6 Å². The van der Waals surface area contributed by atoms with Gasteiger partial charge in [0.1, 0.15) is 0 Å². The summed E-state index contributed by atoms with van der Waals surface area (Å²) in [6.07, 6.45) is 6.89. The van der Waals surface area contributed by atoms with Crippen molar-refractivity contribution in [1.29, 1.82) is 0 Å². The fourth-order valence-corrected chi connectivity index (χ4v) is 4.96. The Morgan fingerprint density at radius 1 is 1.05 bits per heavy atom. The zero-order valence-electron chi connectivity index (χ0n) is 12.3. The minimum atomic E-state index is 0.136. The van der Waals surface area contributed by atoms with Crippen LogP contribution in [0.5, 0.6) is 0 Å². The van der Waals surface area contributed by atoms with Gasteiger partial charge in [0.25, 0.3) is 0 Å². The summed E-state index contributed by atoms with van der Waals surface area (Å²) in [6.45, 7) is 0. The number of halogens is 1. The van der Waals surface area contributed by atoms with Crippen molar-refractivity contribution in [2.75, 3.05) is 0 Å². The Hall–Kier alpha value is -1.05. The molecule has 0 aromatic heterocycles. The molecule has 0 heterocycles. The van der Waals surface area contributed by atoms with Crippen molar-refractivity contribution in [3.05, 3.63) is 47.0 Å². The highest BCUT2D eigenvalue weighted by atomic mass is 35.5. The highest BCUT2D eigenvalue weighted by molar-refractivity contribution is 6.35. The number of benzene rings is 2. The summed E-state index contributed by atoms with van der Waals surface area (Å²) >= 11 is 6.31. The summed E-state index contributed by atoms with van der Waals surface area (Å²) in [5, 5.41) is 3.17. The second-order valence-corrected chi connectivity index (χ2v) is 7.37. The van der Waals surface area contributed by atoms with E-state index in [-0.39, 0.29) is 6.04 Å². The molecule has 4 unspecified atom stereocenters. The van der Waals surface area contributed by atoms with E-state index < -0.39 is 0 Å². The third-order valence-electron chi connectivity index (χ3n) is 5.75. The molecule has 2 aliphatic rings. The van der Waals surface area contributed by atoms with Crippen LogP contribution >= 0.6 is 11.6 Å². The van der Waals surface area contributed by atoms with Crippen molar-refractivity contribution < 1.29 is 0 Å². The predicted octanol–water partition coefficient (Wildman–Crippen LogP) is 5.32. The van der Waals surface area contributed by atoms with Gasteiger partial charge in [-0.2, -0.15) is 0 Å². The Morgan fingerprint density at radius 3 is 2.57 bits per heavy atom. The average Bonchev–Trinajstić information content (AvgIpc) is 3.10. The number of fused-ring (bicyclic) bond motifs is 3. The molecular formula is C19H22ClN. The van der Waals surface area contributed by atoms with Crippen LogP contribution in [-0.2, 0) is 0 Å². The molecule has 0 spiro atoms. The summed E-state index contributed by atoms with van der Waals surface area (Å²) < 4.78 is 0. The van der Waals surface area contributed by atoms with Crippen LogP contribution in [0.15, 0.2) is 36.4 Å². The summed E-state index contributed by atoms with van der Waals surface area (Å²) in [5.74, 6) is 2.78. The Balaban J connectivity index is 1.62. The monoisotopic (exact) mass is 299 g/mol. The van der Waals surface area contributed by atoms with E-state index in [0.717, 1.165) is 34.6 Å². The molecule has 2 saturated carbocycles. The Labute approximate surface area is 131 Å². The lowest BCUT2D eigenvalue weighted by molar-refractivity contribution is 0.296. The van der Waals surface area contributed by atoms with Crippen molar-refractivity contribution in [1.82, 2.24) is 0 Å². The predicted molar refractivity (Wildman–Crippen MR) is 89.4 cm³/mol. The van der Waals surface area contributed by atoms with Crippen molar-refractivity contribution in [3.63, 3.8) is 0 Å². The molecule has 0 aliphatic heterocycles. The van der Waals surface area contributed by atoms with Gasteiger partial charge in [0.15, 0.2) is 0 Å². The van der Waals surface area contributed by atoms with Gasteiger partial charge >= 0.3 is 0 Å². The van der Waals surface area contributed by atoms with Crippen molar-refractivity contribution in [2.45, 2.75) is 38.1 Å². The van der Waals surface area contributed by atoms with Gasteiger partial charge in [0.05, 0.1) is 0 Å². The van der Waals surface area contributed by atoms with Crippen molar-refractivity contribution >= 4 is 22.4 Å². The molecule has 2 fully saturated rings. The fourth-order valence-electron chi connectivity index (χ4n) is 4.73. The lowest BCUT2D eigenvalue weighted by atomic mass is 9.82.